The van der Waals surface area contributed by atoms with Gasteiger partial charge in [0.1, 0.15) is 0 Å². The molecule has 2 aliphatic rings. The lowest BCUT2D eigenvalue weighted by Crippen LogP contribution is -2.32. The summed E-state index contributed by atoms with van der Waals surface area (Å²) in [6, 6.07) is 0. The van der Waals surface area contributed by atoms with E-state index >= 15 is 0 Å². The molecule has 70 valence electrons. The average Bonchev–Trinajstić information content (AvgIpc) is 2.50. The van der Waals surface area contributed by atoms with Crippen LogP contribution in [0.1, 0.15) is 19.3 Å². The average molecular weight is 282 g/mol. The maximum absolute atomic E-state index is 5.71. The third kappa shape index (κ3) is 1.77. The fourth-order valence-electron chi connectivity index (χ4n) is 2.18. The van der Waals surface area contributed by atoms with Crippen molar-refractivity contribution in [3.63, 3.8) is 0 Å². The molecule has 2 aliphatic heterocycles. The molecule has 2 saturated heterocycles. The lowest BCUT2D eigenvalue weighted by Gasteiger charge is -2.31. The predicted octanol–water partition coefficient (Wildman–Crippen LogP) is 2.01. The Balaban J connectivity index is 1.94. The van der Waals surface area contributed by atoms with E-state index in [0.717, 1.165) is 24.2 Å². The highest BCUT2D eigenvalue weighted by Gasteiger charge is 2.41. The summed E-state index contributed by atoms with van der Waals surface area (Å²) in [6.07, 6.45) is 4.24. The number of ether oxygens (including phenoxy) is 2. The molecule has 0 amide bonds. The third-order valence-corrected chi connectivity index (χ3v) is 3.84. The molecule has 12 heavy (non-hydrogen) atoms. The Kier molecular flexibility index (Phi) is 2.92. The molecule has 0 aromatic rings. The standard InChI is InChI=1S/C9H15IO2/c10-5-8-4-9(7-12-8)2-1-3-11-6-9/h8H,1-7H2/t8-,9+/m1/s1. The lowest BCUT2D eigenvalue weighted by atomic mass is 9.81. The number of rotatable bonds is 1. The summed E-state index contributed by atoms with van der Waals surface area (Å²) in [7, 11) is 0. The van der Waals surface area contributed by atoms with Gasteiger partial charge in [0.05, 0.1) is 19.3 Å². The van der Waals surface area contributed by atoms with Gasteiger partial charge in [-0.3, -0.25) is 0 Å². The molecule has 2 rings (SSSR count). The zero-order valence-electron chi connectivity index (χ0n) is 7.22. The van der Waals surface area contributed by atoms with E-state index in [1.807, 2.05) is 0 Å². The van der Waals surface area contributed by atoms with Crippen LogP contribution in [-0.4, -0.2) is 30.4 Å². The molecule has 2 nitrogen and oxygen atoms in total. The van der Waals surface area contributed by atoms with Crippen molar-refractivity contribution in [2.75, 3.05) is 24.2 Å². The Hall–Kier alpha value is 0.650. The molecule has 0 radical (unpaired) electrons. The Morgan fingerprint density at radius 3 is 2.92 bits per heavy atom. The van der Waals surface area contributed by atoms with Gasteiger partial charge in [-0.15, -0.1) is 0 Å². The van der Waals surface area contributed by atoms with Crippen molar-refractivity contribution in [3.05, 3.63) is 0 Å². The monoisotopic (exact) mass is 282 g/mol. The molecule has 2 fully saturated rings. The van der Waals surface area contributed by atoms with Crippen LogP contribution < -0.4 is 0 Å². The minimum atomic E-state index is 0.397. The van der Waals surface area contributed by atoms with Crippen LogP contribution in [0.4, 0.5) is 0 Å². The fraction of sp³-hybridized carbons (Fsp3) is 1.00. The third-order valence-electron chi connectivity index (χ3n) is 2.86. The second-order valence-electron chi connectivity index (χ2n) is 3.95. The van der Waals surface area contributed by atoms with Crippen molar-refractivity contribution in [3.8, 4) is 0 Å². The van der Waals surface area contributed by atoms with Crippen molar-refractivity contribution in [1.29, 1.82) is 0 Å². The SMILES string of the molecule is IC[C@H]1C[C@]2(CCCOC2)CO1. The van der Waals surface area contributed by atoms with Crippen LogP contribution >= 0.6 is 22.6 Å². The van der Waals surface area contributed by atoms with Crippen LogP contribution in [0.15, 0.2) is 0 Å². The first kappa shape index (κ1) is 9.21. The van der Waals surface area contributed by atoms with E-state index in [-0.39, 0.29) is 0 Å². The Morgan fingerprint density at radius 2 is 2.33 bits per heavy atom. The van der Waals surface area contributed by atoms with Gasteiger partial charge in [0, 0.05) is 16.4 Å². The van der Waals surface area contributed by atoms with E-state index in [4.69, 9.17) is 9.47 Å². The highest BCUT2D eigenvalue weighted by atomic mass is 127. The second kappa shape index (κ2) is 3.80. The first-order chi connectivity index (χ1) is 5.85. The van der Waals surface area contributed by atoms with E-state index in [1.54, 1.807) is 0 Å². The molecular weight excluding hydrogens is 267 g/mol. The van der Waals surface area contributed by atoms with Gasteiger partial charge in [0.25, 0.3) is 0 Å². The molecule has 0 aromatic carbocycles. The normalized spacial score (nSPS) is 42.2. The van der Waals surface area contributed by atoms with Crippen LogP contribution in [0.3, 0.4) is 0 Å². The minimum absolute atomic E-state index is 0.397. The molecule has 0 N–H and O–H groups in total. The number of hydrogen-bond acceptors (Lipinski definition) is 2. The molecule has 0 aromatic heterocycles. The smallest absolute Gasteiger partial charge is 0.0671 e. The molecule has 0 bridgehead atoms. The van der Waals surface area contributed by atoms with Crippen LogP contribution in [0.25, 0.3) is 0 Å². The molecular formula is C9H15IO2. The summed E-state index contributed by atoms with van der Waals surface area (Å²) < 4.78 is 12.4. The van der Waals surface area contributed by atoms with Gasteiger partial charge in [-0.25, -0.2) is 0 Å². The molecule has 0 saturated carbocycles. The van der Waals surface area contributed by atoms with Gasteiger partial charge in [0.15, 0.2) is 0 Å². The summed E-state index contributed by atoms with van der Waals surface area (Å²) in [5.41, 5.74) is 0.397. The first-order valence-electron chi connectivity index (χ1n) is 4.60. The molecule has 0 aliphatic carbocycles. The quantitative estimate of drug-likeness (QED) is 0.541. The minimum Gasteiger partial charge on any atom is -0.381 e. The Bertz CT molecular complexity index is 155. The van der Waals surface area contributed by atoms with Gasteiger partial charge < -0.3 is 9.47 Å². The number of hydrogen-bond donors (Lipinski definition) is 0. The Labute approximate surface area is 87.1 Å². The molecule has 1 spiro atoms. The Morgan fingerprint density at radius 1 is 1.42 bits per heavy atom. The van der Waals surface area contributed by atoms with Crippen LogP contribution in [0.5, 0.6) is 0 Å². The highest BCUT2D eigenvalue weighted by Crippen LogP contribution is 2.39. The van der Waals surface area contributed by atoms with Crippen molar-refractivity contribution in [2.45, 2.75) is 25.4 Å². The molecule has 2 heterocycles. The summed E-state index contributed by atoms with van der Waals surface area (Å²) in [4.78, 5) is 0. The largest absolute Gasteiger partial charge is 0.381 e. The zero-order valence-corrected chi connectivity index (χ0v) is 9.38. The van der Waals surface area contributed by atoms with Gasteiger partial charge in [-0.2, -0.15) is 0 Å². The number of halogens is 1. The maximum atomic E-state index is 5.71. The fourth-order valence-corrected chi connectivity index (χ4v) is 2.75. The zero-order chi connectivity index (χ0) is 8.44. The van der Waals surface area contributed by atoms with Crippen molar-refractivity contribution in [2.24, 2.45) is 5.41 Å². The predicted molar refractivity (Wildman–Crippen MR) is 55.7 cm³/mol. The topological polar surface area (TPSA) is 18.5 Å². The van der Waals surface area contributed by atoms with Gasteiger partial charge in [-0.1, -0.05) is 22.6 Å². The second-order valence-corrected chi connectivity index (χ2v) is 4.83. The first-order valence-corrected chi connectivity index (χ1v) is 6.13. The van der Waals surface area contributed by atoms with E-state index < -0.39 is 0 Å². The summed E-state index contributed by atoms with van der Waals surface area (Å²) >= 11 is 2.40. The van der Waals surface area contributed by atoms with E-state index in [9.17, 15) is 0 Å². The van der Waals surface area contributed by atoms with Gasteiger partial charge in [0.2, 0.25) is 0 Å². The highest BCUT2D eigenvalue weighted by molar-refractivity contribution is 14.1. The van der Waals surface area contributed by atoms with E-state index in [1.165, 1.54) is 19.3 Å². The molecule has 2 atom stereocenters. The summed E-state index contributed by atoms with van der Waals surface area (Å²) in [5.74, 6) is 0. The maximum Gasteiger partial charge on any atom is 0.0671 e. The molecule has 0 unspecified atom stereocenters. The van der Waals surface area contributed by atoms with Crippen LogP contribution in [0, 0.1) is 5.41 Å². The van der Waals surface area contributed by atoms with Crippen molar-refractivity contribution >= 4 is 22.6 Å². The van der Waals surface area contributed by atoms with Crippen molar-refractivity contribution in [1.82, 2.24) is 0 Å². The van der Waals surface area contributed by atoms with Crippen LogP contribution in [0.2, 0.25) is 0 Å². The van der Waals surface area contributed by atoms with Crippen LogP contribution in [-0.2, 0) is 9.47 Å². The summed E-state index contributed by atoms with van der Waals surface area (Å²) in [5, 5.41) is 0. The van der Waals surface area contributed by atoms with Crippen molar-refractivity contribution < 1.29 is 9.47 Å². The number of alkyl halides is 1. The van der Waals surface area contributed by atoms with Gasteiger partial charge in [-0.05, 0) is 19.3 Å². The van der Waals surface area contributed by atoms with E-state index in [2.05, 4.69) is 22.6 Å². The van der Waals surface area contributed by atoms with Gasteiger partial charge >= 0.3 is 0 Å². The lowest BCUT2D eigenvalue weighted by molar-refractivity contribution is -0.0132. The molecule has 3 heteroatoms. The summed E-state index contributed by atoms with van der Waals surface area (Å²) in [6.45, 7) is 2.82. The van der Waals surface area contributed by atoms with E-state index in [0.29, 0.717) is 11.5 Å².